The minimum absolute atomic E-state index is 0.0636. The molecular weight excluding hydrogens is 384 g/mol. The van der Waals surface area contributed by atoms with Crippen LogP contribution in [0.4, 0.5) is 8.78 Å². The summed E-state index contributed by atoms with van der Waals surface area (Å²) in [7, 11) is 0. The van der Waals surface area contributed by atoms with Crippen molar-refractivity contribution in [3.63, 3.8) is 0 Å². The van der Waals surface area contributed by atoms with Gasteiger partial charge in [0.25, 0.3) is 0 Å². The minimum atomic E-state index is -0.828. The van der Waals surface area contributed by atoms with Gasteiger partial charge in [0.2, 0.25) is 0 Å². The molecule has 0 saturated heterocycles. The first-order valence-electron chi connectivity index (χ1n) is 9.90. The van der Waals surface area contributed by atoms with Crippen LogP contribution in [0.3, 0.4) is 0 Å². The molecule has 156 valence electrons. The molecule has 0 aliphatic rings. The van der Waals surface area contributed by atoms with Crippen LogP contribution in [-0.4, -0.2) is 22.5 Å². The Morgan fingerprint density at radius 2 is 1.43 bits per heavy atom. The van der Waals surface area contributed by atoms with Crippen LogP contribution in [0.15, 0.2) is 66.7 Å². The van der Waals surface area contributed by atoms with Crippen molar-refractivity contribution in [2.45, 2.75) is 32.9 Å². The van der Waals surface area contributed by atoms with E-state index in [4.69, 9.17) is 5.11 Å². The average molecular weight is 409 g/mol. The predicted molar refractivity (Wildman–Crippen MR) is 113 cm³/mol. The van der Waals surface area contributed by atoms with Gasteiger partial charge in [0, 0.05) is 25.7 Å². The molecule has 0 bridgehead atoms. The van der Waals surface area contributed by atoms with E-state index in [0.717, 1.165) is 28.3 Å². The summed E-state index contributed by atoms with van der Waals surface area (Å²) >= 11 is 0. The summed E-state index contributed by atoms with van der Waals surface area (Å²) in [6.07, 6.45) is 0.490. The maximum atomic E-state index is 13.5. The van der Waals surface area contributed by atoms with Crippen molar-refractivity contribution in [3.05, 3.63) is 106 Å². The van der Waals surface area contributed by atoms with Gasteiger partial charge in [-0.25, -0.2) is 8.78 Å². The lowest BCUT2D eigenvalue weighted by Crippen LogP contribution is -2.25. The number of carbonyl (C=O) groups is 1. The summed E-state index contributed by atoms with van der Waals surface area (Å²) in [6, 6.07) is 19.6. The fourth-order valence-corrected chi connectivity index (χ4v) is 3.58. The SMILES string of the molecule is Cc1cccc(CN(CCC(=O)O)Cc2cccc(Cc3cc(F)cc(F)c3)c2)c1. The smallest absolute Gasteiger partial charge is 0.304 e. The third-order valence-electron chi connectivity index (χ3n) is 4.86. The highest BCUT2D eigenvalue weighted by Gasteiger charge is 2.11. The Bertz CT molecular complexity index is 999. The number of benzene rings is 3. The van der Waals surface area contributed by atoms with Crippen molar-refractivity contribution in [1.29, 1.82) is 0 Å². The number of carboxylic acid groups (broad SMARTS) is 1. The number of hydrogen-bond donors (Lipinski definition) is 1. The summed E-state index contributed by atoms with van der Waals surface area (Å²) in [5, 5.41) is 9.10. The highest BCUT2D eigenvalue weighted by molar-refractivity contribution is 5.66. The summed E-state index contributed by atoms with van der Waals surface area (Å²) in [6.45, 7) is 3.70. The number of aryl methyl sites for hydroxylation is 1. The second kappa shape index (κ2) is 10.1. The minimum Gasteiger partial charge on any atom is -0.481 e. The van der Waals surface area contributed by atoms with E-state index in [1.807, 2.05) is 49.4 Å². The van der Waals surface area contributed by atoms with E-state index >= 15 is 0 Å². The normalized spacial score (nSPS) is 11.1. The molecule has 3 nitrogen and oxygen atoms in total. The summed E-state index contributed by atoms with van der Waals surface area (Å²) in [5.74, 6) is -2.00. The average Bonchev–Trinajstić information content (AvgIpc) is 2.65. The molecule has 0 aliphatic heterocycles. The summed E-state index contributed by atoms with van der Waals surface area (Å²) in [4.78, 5) is 13.2. The van der Waals surface area contributed by atoms with Crippen molar-refractivity contribution in [2.75, 3.05) is 6.54 Å². The lowest BCUT2D eigenvalue weighted by Gasteiger charge is -2.22. The Morgan fingerprint density at radius 3 is 2.07 bits per heavy atom. The van der Waals surface area contributed by atoms with Crippen molar-refractivity contribution in [3.8, 4) is 0 Å². The van der Waals surface area contributed by atoms with E-state index < -0.39 is 17.6 Å². The Balaban J connectivity index is 1.74. The van der Waals surface area contributed by atoms with Gasteiger partial charge < -0.3 is 5.11 Å². The van der Waals surface area contributed by atoms with Gasteiger partial charge in [0.05, 0.1) is 6.42 Å². The standard InChI is InChI=1S/C25H25F2NO2/c1-18-4-2-6-20(10-18)16-28(9-8-25(29)30)17-21-7-3-5-19(11-21)12-22-13-23(26)15-24(27)14-22/h2-7,10-11,13-15H,8-9,12,16-17H2,1H3,(H,29,30). The number of aliphatic carboxylic acids is 1. The Hall–Kier alpha value is -3.05. The quantitative estimate of drug-likeness (QED) is 0.519. The highest BCUT2D eigenvalue weighted by Crippen LogP contribution is 2.17. The van der Waals surface area contributed by atoms with Crippen molar-refractivity contribution in [2.24, 2.45) is 0 Å². The first-order valence-corrected chi connectivity index (χ1v) is 9.90. The molecule has 3 aromatic rings. The number of halogens is 2. The van der Waals surface area contributed by atoms with Crippen molar-refractivity contribution in [1.82, 2.24) is 4.90 Å². The van der Waals surface area contributed by atoms with Gasteiger partial charge in [-0.05, 0) is 47.7 Å². The molecule has 0 heterocycles. The van der Waals surface area contributed by atoms with Gasteiger partial charge in [-0.15, -0.1) is 0 Å². The molecule has 0 amide bonds. The maximum Gasteiger partial charge on any atom is 0.304 e. The maximum absolute atomic E-state index is 13.5. The van der Waals surface area contributed by atoms with Crippen LogP contribution in [0.1, 0.15) is 34.2 Å². The molecular formula is C25H25F2NO2. The second-order valence-corrected chi connectivity index (χ2v) is 7.62. The largest absolute Gasteiger partial charge is 0.481 e. The molecule has 0 aromatic heterocycles. The van der Waals surface area contributed by atoms with E-state index in [0.29, 0.717) is 31.6 Å². The van der Waals surface area contributed by atoms with Gasteiger partial charge in [-0.1, -0.05) is 54.1 Å². The molecule has 0 saturated carbocycles. The summed E-state index contributed by atoms with van der Waals surface area (Å²) < 4.78 is 26.9. The molecule has 5 heteroatoms. The lowest BCUT2D eigenvalue weighted by molar-refractivity contribution is -0.137. The van der Waals surface area contributed by atoms with E-state index in [1.165, 1.54) is 12.1 Å². The second-order valence-electron chi connectivity index (χ2n) is 7.62. The fourth-order valence-electron chi connectivity index (χ4n) is 3.58. The number of nitrogens with zero attached hydrogens (tertiary/aromatic N) is 1. The van der Waals surface area contributed by atoms with E-state index in [2.05, 4.69) is 11.0 Å². The van der Waals surface area contributed by atoms with Crippen LogP contribution < -0.4 is 0 Å². The predicted octanol–water partition coefficient (Wildman–Crippen LogP) is 5.34. The third kappa shape index (κ3) is 6.78. The van der Waals surface area contributed by atoms with Crippen LogP contribution in [0.5, 0.6) is 0 Å². The Morgan fingerprint density at radius 1 is 0.833 bits per heavy atom. The van der Waals surface area contributed by atoms with Gasteiger partial charge >= 0.3 is 5.97 Å². The molecule has 0 fully saturated rings. The van der Waals surface area contributed by atoms with Crippen LogP contribution in [0.25, 0.3) is 0 Å². The molecule has 3 aromatic carbocycles. The van der Waals surface area contributed by atoms with E-state index in [1.54, 1.807) is 0 Å². The first kappa shape index (κ1) is 21.7. The molecule has 0 unspecified atom stereocenters. The molecule has 1 N–H and O–H groups in total. The van der Waals surface area contributed by atoms with Crippen LogP contribution in [0, 0.1) is 18.6 Å². The molecule has 30 heavy (non-hydrogen) atoms. The molecule has 0 aliphatic carbocycles. The number of hydrogen-bond acceptors (Lipinski definition) is 2. The van der Waals surface area contributed by atoms with Crippen molar-refractivity contribution < 1.29 is 18.7 Å². The number of carboxylic acids is 1. The third-order valence-corrected chi connectivity index (χ3v) is 4.86. The Labute approximate surface area is 175 Å². The monoisotopic (exact) mass is 409 g/mol. The zero-order valence-corrected chi connectivity index (χ0v) is 16.9. The van der Waals surface area contributed by atoms with Crippen LogP contribution >= 0.6 is 0 Å². The summed E-state index contributed by atoms with van der Waals surface area (Å²) in [5.41, 5.74) is 4.85. The van der Waals surface area contributed by atoms with E-state index in [-0.39, 0.29) is 6.42 Å². The molecule has 0 spiro atoms. The van der Waals surface area contributed by atoms with Crippen LogP contribution in [0.2, 0.25) is 0 Å². The van der Waals surface area contributed by atoms with Gasteiger partial charge in [-0.2, -0.15) is 0 Å². The first-order chi connectivity index (χ1) is 14.4. The topological polar surface area (TPSA) is 40.5 Å². The van der Waals surface area contributed by atoms with Crippen LogP contribution in [-0.2, 0) is 24.3 Å². The number of rotatable bonds is 9. The zero-order chi connectivity index (χ0) is 21.5. The lowest BCUT2D eigenvalue weighted by atomic mass is 10.0. The van der Waals surface area contributed by atoms with Crippen molar-refractivity contribution >= 4 is 5.97 Å². The van der Waals surface area contributed by atoms with Gasteiger partial charge in [0.1, 0.15) is 11.6 Å². The fraction of sp³-hybridized carbons (Fsp3) is 0.240. The highest BCUT2D eigenvalue weighted by atomic mass is 19.1. The molecule has 0 radical (unpaired) electrons. The van der Waals surface area contributed by atoms with E-state index in [9.17, 15) is 13.6 Å². The Kier molecular flexibility index (Phi) is 7.31. The molecule has 0 atom stereocenters. The molecule has 3 rings (SSSR count). The van der Waals surface area contributed by atoms with Gasteiger partial charge in [0.15, 0.2) is 0 Å². The zero-order valence-electron chi connectivity index (χ0n) is 16.9. The van der Waals surface area contributed by atoms with Gasteiger partial charge in [-0.3, -0.25) is 9.69 Å².